The Morgan fingerprint density at radius 2 is 2.07 bits per heavy atom. The van der Waals surface area contributed by atoms with E-state index in [2.05, 4.69) is 36.5 Å². The van der Waals surface area contributed by atoms with Crippen molar-refractivity contribution in [2.45, 2.75) is 6.54 Å². The molecule has 4 aromatic rings. The van der Waals surface area contributed by atoms with Crippen LogP contribution in [0.4, 0.5) is 5.69 Å². The molecule has 0 unspecified atom stereocenters. The fourth-order valence-electron chi connectivity index (χ4n) is 3.20. The zero-order valence-electron chi connectivity index (χ0n) is 15.6. The number of benzene rings is 2. The molecule has 2 N–H and O–H groups in total. The third kappa shape index (κ3) is 3.79. The molecule has 30 heavy (non-hydrogen) atoms. The van der Waals surface area contributed by atoms with Crippen molar-refractivity contribution in [3.63, 3.8) is 0 Å². The van der Waals surface area contributed by atoms with Crippen LogP contribution < -0.4 is 14.8 Å². The van der Waals surface area contributed by atoms with E-state index in [-0.39, 0.29) is 12.7 Å². The highest BCUT2D eigenvalue weighted by atomic mass is 79.9. The number of hydrogen-bond donors (Lipinski definition) is 2. The monoisotopic (exact) mass is 465 g/mol. The maximum atomic E-state index is 12.7. The Morgan fingerprint density at radius 1 is 1.17 bits per heavy atom. The number of anilines is 1. The van der Waals surface area contributed by atoms with Gasteiger partial charge in [0, 0.05) is 17.4 Å². The Morgan fingerprint density at radius 3 is 2.93 bits per heavy atom. The Hall–Kier alpha value is -3.59. The first-order chi connectivity index (χ1) is 14.6. The van der Waals surface area contributed by atoms with Gasteiger partial charge in [0.15, 0.2) is 11.5 Å². The lowest BCUT2D eigenvalue weighted by Crippen LogP contribution is -2.12. The fourth-order valence-corrected chi connectivity index (χ4v) is 3.53. The molecular formula is C21H16BrN5O3. The minimum Gasteiger partial charge on any atom is -0.454 e. The van der Waals surface area contributed by atoms with Crippen LogP contribution in [0.3, 0.4) is 0 Å². The first-order valence-corrected chi connectivity index (χ1v) is 9.97. The summed E-state index contributed by atoms with van der Waals surface area (Å²) in [4.78, 5) is 12.7. The van der Waals surface area contributed by atoms with E-state index in [0.29, 0.717) is 35.1 Å². The second-order valence-corrected chi connectivity index (χ2v) is 7.66. The normalized spacial score (nSPS) is 12.2. The molecule has 0 saturated carbocycles. The smallest absolute Gasteiger partial charge is 0.273 e. The molecule has 150 valence electrons. The van der Waals surface area contributed by atoms with Gasteiger partial charge in [0.2, 0.25) is 6.79 Å². The van der Waals surface area contributed by atoms with Crippen LogP contribution in [0.15, 0.2) is 65.4 Å². The zero-order chi connectivity index (χ0) is 20.5. The number of H-pyrrole nitrogens is 1. The summed E-state index contributed by atoms with van der Waals surface area (Å²) in [6.07, 6.45) is 3.63. The number of fused-ring (bicyclic) bond motifs is 1. The summed E-state index contributed by atoms with van der Waals surface area (Å²) in [6.45, 7) is 0.817. The van der Waals surface area contributed by atoms with Crippen LogP contribution in [0, 0.1) is 0 Å². The lowest BCUT2D eigenvalue weighted by atomic mass is 10.1. The number of ether oxygens (including phenoxy) is 2. The van der Waals surface area contributed by atoms with E-state index in [4.69, 9.17) is 9.47 Å². The Bertz CT molecular complexity index is 1230. The number of amides is 1. The van der Waals surface area contributed by atoms with Gasteiger partial charge in [-0.05, 0) is 57.9 Å². The molecule has 0 spiro atoms. The molecule has 2 aromatic carbocycles. The van der Waals surface area contributed by atoms with E-state index >= 15 is 0 Å². The predicted octanol–water partition coefficient (Wildman–Crippen LogP) is 4.07. The van der Waals surface area contributed by atoms with E-state index in [1.165, 1.54) is 0 Å². The van der Waals surface area contributed by atoms with Crippen molar-refractivity contribution in [3.05, 3.63) is 76.7 Å². The third-order valence-corrected chi connectivity index (χ3v) is 5.03. The molecule has 1 amide bonds. The van der Waals surface area contributed by atoms with Gasteiger partial charge in [0.05, 0.1) is 22.9 Å². The van der Waals surface area contributed by atoms with Gasteiger partial charge < -0.3 is 14.8 Å². The van der Waals surface area contributed by atoms with Gasteiger partial charge in [0.1, 0.15) is 5.69 Å². The number of nitrogens with zero attached hydrogens (tertiary/aromatic N) is 3. The highest BCUT2D eigenvalue weighted by Gasteiger charge is 2.16. The first kappa shape index (κ1) is 18.4. The van der Waals surface area contributed by atoms with Gasteiger partial charge >= 0.3 is 0 Å². The largest absolute Gasteiger partial charge is 0.454 e. The molecule has 5 rings (SSSR count). The molecule has 3 heterocycles. The van der Waals surface area contributed by atoms with Crippen molar-refractivity contribution in [2.24, 2.45) is 0 Å². The van der Waals surface area contributed by atoms with Crippen molar-refractivity contribution >= 4 is 27.5 Å². The number of rotatable bonds is 5. The van der Waals surface area contributed by atoms with Crippen LogP contribution in [0.5, 0.6) is 11.5 Å². The number of carbonyl (C=O) groups excluding carboxylic acids is 1. The lowest BCUT2D eigenvalue weighted by molar-refractivity contribution is 0.102. The zero-order valence-corrected chi connectivity index (χ0v) is 17.2. The highest BCUT2D eigenvalue weighted by Crippen LogP contribution is 2.35. The number of nitrogens with one attached hydrogen (secondary N) is 2. The fraction of sp³-hybridized carbons (Fsp3) is 0.0952. The molecule has 0 atom stereocenters. The molecule has 0 fully saturated rings. The van der Waals surface area contributed by atoms with Crippen LogP contribution in [0.25, 0.3) is 11.3 Å². The van der Waals surface area contributed by atoms with Crippen molar-refractivity contribution in [3.8, 4) is 22.8 Å². The number of hydrogen-bond acceptors (Lipinski definition) is 5. The van der Waals surface area contributed by atoms with Crippen molar-refractivity contribution in [1.29, 1.82) is 0 Å². The first-order valence-electron chi connectivity index (χ1n) is 9.18. The Kier molecular flexibility index (Phi) is 4.72. The van der Waals surface area contributed by atoms with Crippen LogP contribution in [0.1, 0.15) is 16.1 Å². The summed E-state index contributed by atoms with van der Waals surface area (Å²) in [5.41, 5.74) is 3.57. The summed E-state index contributed by atoms with van der Waals surface area (Å²) in [7, 11) is 0. The average Bonchev–Trinajstić information content (AvgIpc) is 3.48. The standard InChI is InChI=1S/C21H16BrN5O3/c22-15-9-23-27(11-15)10-13-2-1-3-16(6-13)24-21(28)18-8-17(25-26-18)14-4-5-19-20(7-14)30-12-29-19/h1-9,11H,10,12H2,(H,24,28)(H,25,26). The minimum atomic E-state index is -0.270. The van der Waals surface area contributed by atoms with Gasteiger partial charge in [-0.3, -0.25) is 14.6 Å². The lowest BCUT2D eigenvalue weighted by Gasteiger charge is -2.07. The molecule has 1 aliphatic heterocycles. The molecule has 9 heteroatoms. The topological polar surface area (TPSA) is 94.1 Å². The van der Waals surface area contributed by atoms with Crippen molar-refractivity contribution in [1.82, 2.24) is 20.0 Å². The van der Waals surface area contributed by atoms with Crippen molar-refractivity contribution in [2.75, 3.05) is 12.1 Å². The summed E-state index contributed by atoms with van der Waals surface area (Å²) in [5.74, 6) is 1.10. The number of aromatic amines is 1. The number of halogens is 1. The maximum Gasteiger partial charge on any atom is 0.273 e. The van der Waals surface area contributed by atoms with E-state index in [1.54, 1.807) is 12.3 Å². The Labute approximate surface area is 180 Å². The van der Waals surface area contributed by atoms with E-state index in [0.717, 1.165) is 15.6 Å². The maximum absolute atomic E-state index is 12.7. The SMILES string of the molecule is O=C(Nc1cccc(Cn2cc(Br)cn2)c1)c1cc(-c2ccc3c(c2)OCO3)n[nH]1. The summed E-state index contributed by atoms with van der Waals surface area (Å²) < 4.78 is 13.5. The van der Waals surface area contributed by atoms with E-state index < -0.39 is 0 Å². The van der Waals surface area contributed by atoms with E-state index in [9.17, 15) is 4.79 Å². The van der Waals surface area contributed by atoms with Gasteiger partial charge in [0.25, 0.3) is 5.91 Å². The summed E-state index contributed by atoms with van der Waals surface area (Å²) in [5, 5.41) is 14.2. The van der Waals surface area contributed by atoms with Crippen LogP contribution in [0.2, 0.25) is 0 Å². The molecule has 0 saturated heterocycles. The van der Waals surface area contributed by atoms with Gasteiger partial charge in [-0.2, -0.15) is 10.2 Å². The predicted molar refractivity (Wildman–Crippen MR) is 114 cm³/mol. The number of aromatic nitrogens is 4. The summed E-state index contributed by atoms with van der Waals surface area (Å²) >= 11 is 3.39. The molecule has 8 nitrogen and oxygen atoms in total. The second-order valence-electron chi connectivity index (χ2n) is 6.75. The van der Waals surface area contributed by atoms with Crippen LogP contribution in [-0.4, -0.2) is 32.7 Å². The molecule has 0 bridgehead atoms. The molecular weight excluding hydrogens is 450 g/mol. The highest BCUT2D eigenvalue weighted by molar-refractivity contribution is 9.10. The quantitative estimate of drug-likeness (QED) is 0.463. The minimum absolute atomic E-state index is 0.212. The molecule has 0 aliphatic carbocycles. The molecule has 0 radical (unpaired) electrons. The average molecular weight is 466 g/mol. The molecule has 2 aromatic heterocycles. The third-order valence-electron chi connectivity index (χ3n) is 4.62. The van der Waals surface area contributed by atoms with Gasteiger partial charge in [-0.25, -0.2) is 0 Å². The van der Waals surface area contributed by atoms with Crippen molar-refractivity contribution < 1.29 is 14.3 Å². The Balaban J connectivity index is 1.30. The van der Waals surface area contributed by atoms with Crippen LogP contribution >= 0.6 is 15.9 Å². The van der Waals surface area contributed by atoms with Gasteiger partial charge in [-0.1, -0.05) is 12.1 Å². The van der Waals surface area contributed by atoms with E-state index in [1.807, 2.05) is 53.3 Å². The van der Waals surface area contributed by atoms with Gasteiger partial charge in [-0.15, -0.1) is 0 Å². The second kappa shape index (κ2) is 7.68. The summed E-state index contributed by atoms with van der Waals surface area (Å²) in [6, 6.07) is 14.9. The molecule has 1 aliphatic rings. The van der Waals surface area contributed by atoms with Crippen LogP contribution in [-0.2, 0) is 6.54 Å². The number of carbonyl (C=O) groups is 1.